The fourth-order valence-corrected chi connectivity index (χ4v) is 4.09. The predicted octanol–water partition coefficient (Wildman–Crippen LogP) is 6.10. The van der Waals surface area contributed by atoms with E-state index in [9.17, 15) is 0 Å². The molecule has 4 aromatic carbocycles. The van der Waals surface area contributed by atoms with E-state index in [-0.39, 0.29) is 0 Å². The maximum atomic E-state index is 5.95. The van der Waals surface area contributed by atoms with Crippen molar-refractivity contribution in [3.8, 4) is 23.0 Å². The van der Waals surface area contributed by atoms with E-state index in [2.05, 4.69) is 48.5 Å². The Kier molecular flexibility index (Phi) is 6.96. The summed E-state index contributed by atoms with van der Waals surface area (Å²) in [4.78, 5) is 0. The zero-order valence-corrected chi connectivity index (χ0v) is 19.1. The van der Waals surface area contributed by atoms with Gasteiger partial charge in [0.05, 0.1) is 0 Å². The monoisotopic (exact) mass is 452 g/mol. The van der Waals surface area contributed by atoms with Gasteiger partial charge in [-0.05, 0) is 83.6 Å². The van der Waals surface area contributed by atoms with Crippen molar-refractivity contribution in [2.45, 2.75) is 12.8 Å². The Balaban J connectivity index is 1.35. The highest BCUT2D eigenvalue weighted by molar-refractivity contribution is 5.37. The van der Waals surface area contributed by atoms with Crippen molar-refractivity contribution in [1.29, 1.82) is 0 Å². The number of rotatable bonds is 0. The second-order valence-corrected chi connectivity index (χ2v) is 8.34. The lowest BCUT2D eigenvalue weighted by Gasteiger charge is -2.13. The van der Waals surface area contributed by atoms with Crippen molar-refractivity contribution in [1.82, 2.24) is 0 Å². The largest absolute Gasteiger partial charge is 0.490 e. The number of benzene rings is 4. The van der Waals surface area contributed by atoms with Gasteiger partial charge in [-0.1, -0.05) is 48.5 Å². The average molecular weight is 453 g/mol. The maximum absolute atomic E-state index is 5.95. The lowest BCUT2D eigenvalue weighted by molar-refractivity contribution is 0.216. The first-order valence-electron chi connectivity index (χ1n) is 11.7. The number of fused-ring (bicyclic) bond motifs is 8. The van der Waals surface area contributed by atoms with Crippen LogP contribution in [0.5, 0.6) is 23.0 Å². The minimum Gasteiger partial charge on any atom is -0.490 e. The summed E-state index contributed by atoms with van der Waals surface area (Å²) in [5.41, 5.74) is 4.75. The summed E-state index contributed by atoms with van der Waals surface area (Å²) in [6.07, 6.45) is 1.61. The van der Waals surface area contributed by atoms with Crippen LogP contribution >= 0.6 is 0 Å². The zero-order chi connectivity index (χ0) is 23.0. The average Bonchev–Trinajstić information content (AvgIpc) is 2.85. The molecule has 5 rings (SSSR count). The van der Waals surface area contributed by atoms with E-state index in [4.69, 9.17) is 18.9 Å². The highest BCUT2D eigenvalue weighted by Gasteiger charge is 2.05. The quantitative estimate of drug-likeness (QED) is 0.323. The third-order valence-electron chi connectivity index (χ3n) is 5.65. The predicted molar refractivity (Wildman–Crippen MR) is 133 cm³/mol. The van der Waals surface area contributed by atoms with Gasteiger partial charge in [0.1, 0.15) is 49.4 Å². The molecule has 0 saturated carbocycles. The molecular weight excluding hydrogens is 424 g/mol. The van der Waals surface area contributed by atoms with Crippen LogP contribution in [-0.4, -0.2) is 26.4 Å². The summed E-state index contributed by atoms with van der Waals surface area (Å²) in [6, 6.07) is 32.8. The first-order chi connectivity index (χ1) is 16.8. The summed E-state index contributed by atoms with van der Waals surface area (Å²) in [6.45, 7) is 1.93. The van der Waals surface area contributed by atoms with Gasteiger partial charge in [-0.2, -0.15) is 0 Å². The molecule has 4 aromatic rings. The Bertz CT molecular complexity index is 1040. The molecule has 0 saturated heterocycles. The lowest BCUT2D eigenvalue weighted by Crippen LogP contribution is -2.10. The summed E-state index contributed by atoms with van der Waals surface area (Å²) in [7, 11) is 0. The van der Waals surface area contributed by atoms with E-state index in [1.165, 1.54) is 22.3 Å². The number of hydrogen-bond donors (Lipinski definition) is 0. The van der Waals surface area contributed by atoms with Crippen molar-refractivity contribution in [3.05, 3.63) is 119 Å². The normalized spacial score (nSPS) is 14.1. The molecule has 8 bridgehead atoms. The number of hydrogen-bond acceptors (Lipinski definition) is 4. The Hall–Kier alpha value is -3.92. The molecule has 0 atom stereocenters. The summed E-state index contributed by atoms with van der Waals surface area (Å²) in [5, 5.41) is 0. The molecule has 172 valence electrons. The van der Waals surface area contributed by atoms with Crippen molar-refractivity contribution < 1.29 is 18.9 Å². The minimum absolute atomic E-state index is 0.483. The molecule has 0 aromatic heterocycles. The van der Waals surface area contributed by atoms with Gasteiger partial charge < -0.3 is 18.9 Å². The van der Waals surface area contributed by atoms with Crippen LogP contribution < -0.4 is 18.9 Å². The van der Waals surface area contributed by atoms with Gasteiger partial charge in [-0.3, -0.25) is 0 Å². The zero-order valence-electron chi connectivity index (χ0n) is 19.1. The second-order valence-electron chi connectivity index (χ2n) is 8.34. The van der Waals surface area contributed by atoms with Crippen molar-refractivity contribution in [2.24, 2.45) is 0 Å². The maximum Gasteiger partial charge on any atom is 0.122 e. The molecular formula is C30H28O4. The molecule has 0 unspecified atom stereocenters. The summed E-state index contributed by atoms with van der Waals surface area (Å²) < 4.78 is 23.8. The van der Waals surface area contributed by atoms with Gasteiger partial charge in [0.15, 0.2) is 0 Å². The topological polar surface area (TPSA) is 36.9 Å². The number of ether oxygens (including phenoxy) is 4. The molecule has 0 radical (unpaired) electrons. The molecule has 1 aliphatic heterocycles. The van der Waals surface area contributed by atoms with Crippen molar-refractivity contribution in [2.75, 3.05) is 26.4 Å². The van der Waals surface area contributed by atoms with E-state index in [0.717, 1.165) is 35.8 Å². The molecule has 0 amide bonds. The molecule has 4 nitrogen and oxygen atoms in total. The first kappa shape index (κ1) is 21.9. The summed E-state index contributed by atoms with van der Waals surface area (Å²) in [5.74, 6) is 3.39. The van der Waals surface area contributed by atoms with Gasteiger partial charge in [0.25, 0.3) is 0 Å². The van der Waals surface area contributed by atoms with E-state index >= 15 is 0 Å². The lowest BCUT2D eigenvalue weighted by atomic mass is 10.0. The van der Waals surface area contributed by atoms with Crippen LogP contribution in [0, 0.1) is 0 Å². The third-order valence-corrected chi connectivity index (χ3v) is 5.65. The Morgan fingerprint density at radius 1 is 0.353 bits per heavy atom. The Morgan fingerprint density at radius 2 is 0.618 bits per heavy atom. The van der Waals surface area contributed by atoms with E-state index in [0.29, 0.717) is 26.4 Å². The van der Waals surface area contributed by atoms with Crippen LogP contribution in [0.25, 0.3) is 0 Å². The van der Waals surface area contributed by atoms with Crippen LogP contribution in [-0.2, 0) is 12.8 Å². The van der Waals surface area contributed by atoms with Crippen molar-refractivity contribution >= 4 is 0 Å². The summed E-state index contributed by atoms with van der Waals surface area (Å²) >= 11 is 0. The van der Waals surface area contributed by atoms with Crippen LogP contribution in [0.15, 0.2) is 97.1 Å². The highest BCUT2D eigenvalue weighted by Crippen LogP contribution is 2.22. The molecule has 0 aliphatic carbocycles. The van der Waals surface area contributed by atoms with Crippen LogP contribution in [0.3, 0.4) is 0 Å². The Morgan fingerprint density at radius 3 is 0.882 bits per heavy atom. The molecule has 1 aliphatic rings. The van der Waals surface area contributed by atoms with Crippen LogP contribution in [0.1, 0.15) is 22.3 Å². The minimum atomic E-state index is 0.483. The third kappa shape index (κ3) is 6.10. The van der Waals surface area contributed by atoms with E-state index in [1.54, 1.807) is 0 Å². The molecule has 0 N–H and O–H groups in total. The molecule has 1 heterocycles. The van der Waals surface area contributed by atoms with E-state index < -0.39 is 0 Å². The highest BCUT2D eigenvalue weighted by atomic mass is 16.5. The Labute approximate surface area is 200 Å². The van der Waals surface area contributed by atoms with Gasteiger partial charge in [0, 0.05) is 0 Å². The van der Waals surface area contributed by atoms with E-state index in [1.807, 2.05) is 48.5 Å². The van der Waals surface area contributed by atoms with Crippen molar-refractivity contribution in [3.63, 3.8) is 0 Å². The van der Waals surface area contributed by atoms with Gasteiger partial charge in [-0.25, -0.2) is 0 Å². The molecule has 4 heteroatoms. The second kappa shape index (κ2) is 10.8. The van der Waals surface area contributed by atoms with Crippen LogP contribution in [0.2, 0.25) is 0 Å². The van der Waals surface area contributed by atoms with Crippen LogP contribution in [0.4, 0.5) is 0 Å². The standard InChI is InChI=1S/C30H28O4/c1-5-23-17-24-6-2-10-28(20-24)33-15-16-34-30-12-4-8-26(22-30)18-25-7-3-11-29(21-25)32-14-13-31-27(9-1)19-23/h1-12,19-22H,13-18H2. The van der Waals surface area contributed by atoms with Gasteiger partial charge in [-0.15, -0.1) is 0 Å². The molecule has 0 fully saturated rings. The SMILES string of the molecule is c1cc2cc(c1)OCCOc1cccc(c1)Cc1cccc(c1)OCCOc1cccc(c1)C2. The van der Waals surface area contributed by atoms with Gasteiger partial charge >= 0.3 is 0 Å². The molecule has 34 heavy (non-hydrogen) atoms. The first-order valence-corrected chi connectivity index (χ1v) is 11.7. The fraction of sp³-hybridized carbons (Fsp3) is 0.200. The molecule has 0 spiro atoms. The van der Waals surface area contributed by atoms with Gasteiger partial charge in [0.2, 0.25) is 0 Å². The fourth-order valence-electron chi connectivity index (χ4n) is 4.09. The smallest absolute Gasteiger partial charge is 0.122 e.